The standard InChI is InChI=1S/C8H15NO.ClH/c1-9-5-7-4-8(2-3-8)6-10-7;/h7,9H,2-6H2,1H3;1H. The zero-order chi connectivity index (χ0) is 7.03. The summed E-state index contributed by atoms with van der Waals surface area (Å²) in [5, 5.41) is 3.15. The number of likely N-dealkylation sites (N-methyl/N-ethyl adjacent to an activating group) is 1. The van der Waals surface area contributed by atoms with E-state index < -0.39 is 0 Å². The number of hydrogen-bond acceptors (Lipinski definition) is 2. The molecule has 2 fully saturated rings. The van der Waals surface area contributed by atoms with Gasteiger partial charge in [-0.25, -0.2) is 0 Å². The van der Waals surface area contributed by atoms with Crippen LogP contribution in [0.3, 0.4) is 0 Å². The summed E-state index contributed by atoms with van der Waals surface area (Å²) in [6.45, 7) is 2.06. The van der Waals surface area contributed by atoms with Crippen molar-refractivity contribution < 1.29 is 4.74 Å². The molecule has 0 radical (unpaired) electrons. The summed E-state index contributed by atoms with van der Waals surface area (Å²) in [7, 11) is 1.99. The van der Waals surface area contributed by atoms with E-state index in [4.69, 9.17) is 4.74 Å². The van der Waals surface area contributed by atoms with Crippen LogP contribution in [0.1, 0.15) is 19.3 Å². The zero-order valence-electron chi connectivity index (χ0n) is 6.93. The molecule has 3 heteroatoms. The predicted octanol–water partition coefficient (Wildman–Crippen LogP) is 1.20. The Morgan fingerprint density at radius 3 is 2.73 bits per heavy atom. The average Bonchev–Trinajstić information content (AvgIpc) is 2.52. The monoisotopic (exact) mass is 177 g/mol. The molecule has 2 aliphatic rings. The molecular formula is C8H16ClNO. The number of hydrogen-bond donors (Lipinski definition) is 1. The Hall–Kier alpha value is 0.210. The van der Waals surface area contributed by atoms with Crippen LogP contribution >= 0.6 is 12.4 Å². The van der Waals surface area contributed by atoms with Gasteiger partial charge in [0.25, 0.3) is 0 Å². The number of halogens is 1. The van der Waals surface area contributed by atoms with E-state index >= 15 is 0 Å². The van der Waals surface area contributed by atoms with Gasteiger partial charge in [0.2, 0.25) is 0 Å². The molecule has 1 aliphatic heterocycles. The molecule has 1 N–H and O–H groups in total. The van der Waals surface area contributed by atoms with Crippen LogP contribution in [-0.2, 0) is 4.74 Å². The van der Waals surface area contributed by atoms with Crippen LogP contribution < -0.4 is 5.32 Å². The Bertz CT molecular complexity index is 136. The van der Waals surface area contributed by atoms with Crippen LogP contribution in [0.25, 0.3) is 0 Å². The molecule has 1 spiro atoms. The largest absolute Gasteiger partial charge is 0.376 e. The molecule has 1 saturated carbocycles. The lowest BCUT2D eigenvalue weighted by Gasteiger charge is -2.06. The van der Waals surface area contributed by atoms with E-state index in [1.165, 1.54) is 19.3 Å². The quantitative estimate of drug-likeness (QED) is 0.685. The molecule has 1 unspecified atom stereocenters. The van der Waals surface area contributed by atoms with Crippen molar-refractivity contribution in [3.63, 3.8) is 0 Å². The normalized spacial score (nSPS) is 31.9. The molecular weight excluding hydrogens is 162 g/mol. The minimum absolute atomic E-state index is 0. The molecule has 2 nitrogen and oxygen atoms in total. The molecule has 66 valence electrons. The van der Waals surface area contributed by atoms with Crippen LogP contribution in [-0.4, -0.2) is 26.3 Å². The maximum atomic E-state index is 5.61. The maximum Gasteiger partial charge on any atom is 0.0705 e. The van der Waals surface area contributed by atoms with Gasteiger partial charge in [0, 0.05) is 6.54 Å². The van der Waals surface area contributed by atoms with E-state index in [1.807, 2.05) is 7.05 Å². The predicted molar refractivity (Wildman–Crippen MR) is 47.2 cm³/mol. The van der Waals surface area contributed by atoms with Crippen molar-refractivity contribution >= 4 is 12.4 Å². The highest BCUT2D eigenvalue weighted by Crippen LogP contribution is 2.53. The Balaban J connectivity index is 0.000000605. The van der Waals surface area contributed by atoms with Gasteiger partial charge in [0.1, 0.15) is 0 Å². The molecule has 1 atom stereocenters. The van der Waals surface area contributed by atoms with Crippen molar-refractivity contribution in [3.8, 4) is 0 Å². The molecule has 1 aliphatic carbocycles. The van der Waals surface area contributed by atoms with Crippen molar-refractivity contribution in [2.75, 3.05) is 20.2 Å². The lowest BCUT2D eigenvalue weighted by Crippen LogP contribution is -2.22. The summed E-state index contributed by atoms with van der Waals surface area (Å²) >= 11 is 0. The van der Waals surface area contributed by atoms with Crippen LogP contribution in [0.15, 0.2) is 0 Å². The molecule has 11 heavy (non-hydrogen) atoms. The number of ether oxygens (including phenoxy) is 1. The first-order valence-electron chi connectivity index (χ1n) is 4.11. The summed E-state index contributed by atoms with van der Waals surface area (Å²) in [5.41, 5.74) is 0.654. The number of rotatable bonds is 2. The molecule has 0 aromatic rings. The highest BCUT2D eigenvalue weighted by molar-refractivity contribution is 5.85. The third-order valence-corrected chi connectivity index (χ3v) is 2.67. The Morgan fingerprint density at radius 2 is 2.27 bits per heavy atom. The van der Waals surface area contributed by atoms with Crippen LogP contribution in [0.2, 0.25) is 0 Å². The lowest BCUT2D eigenvalue weighted by atomic mass is 10.0. The van der Waals surface area contributed by atoms with E-state index in [0.29, 0.717) is 11.5 Å². The van der Waals surface area contributed by atoms with Crippen LogP contribution in [0.4, 0.5) is 0 Å². The van der Waals surface area contributed by atoms with Crippen LogP contribution in [0, 0.1) is 5.41 Å². The van der Waals surface area contributed by atoms with Crippen molar-refractivity contribution in [1.29, 1.82) is 0 Å². The first-order chi connectivity index (χ1) is 4.85. The third-order valence-electron chi connectivity index (χ3n) is 2.67. The fourth-order valence-electron chi connectivity index (χ4n) is 1.78. The third kappa shape index (κ3) is 1.86. The lowest BCUT2D eigenvalue weighted by molar-refractivity contribution is 0.106. The highest BCUT2D eigenvalue weighted by Gasteiger charge is 2.48. The fraction of sp³-hybridized carbons (Fsp3) is 1.00. The van der Waals surface area contributed by atoms with E-state index in [9.17, 15) is 0 Å². The van der Waals surface area contributed by atoms with Gasteiger partial charge in [-0.2, -0.15) is 0 Å². The zero-order valence-corrected chi connectivity index (χ0v) is 7.75. The van der Waals surface area contributed by atoms with E-state index in [1.54, 1.807) is 0 Å². The van der Waals surface area contributed by atoms with Gasteiger partial charge < -0.3 is 10.1 Å². The van der Waals surface area contributed by atoms with E-state index in [-0.39, 0.29) is 12.4 Å². The van der Waals surface area contributed by atoms with E-state index in [2.05, 4.69) is 5.32 Å². The molecule has 1 heterocycles. The molecule has 2 rings (SSSR count). The van der Waals surface area contributed by atoms with Gasteiger partial charge in [-0.15, -0.1) is 12.4 Å². The van der Waals surface area contributed by atoms with Crippen molar-refractivity contribution in [2.24, 2.45) is 5.41 Å². The maximum absolute atomic E-state index is 5.61. The topological polar surface area (TPSA) is 21.3 Å². The second-order valence-electron chi connectivity index (χ2n) is 3.69. The summed E-state index contributed by atoms with van der Waals surface area (Å²) < 4.78 is 5.61. The van der Waals surface area contributed by atoms with Gasteiger partial charge in [0.05, 0.1) is 12.7 Å². The van der Waals surface area contributed by atoms with Gasteiger partial charge in [-0.1, -0.05) is 0 Å². The first kappa shape index (κ1) is 9.30. The van der Waals surface area contributed by atoms with Gasteiger partial charge >= 0.3 is 0 Å². The summed E-state index contributed by atoms with van der Waals surface area (Å²) in [4.78, 5) is 0. The fourth-order valence-corrected chi connectivity index (χ4v) is 1.78. The number of nitrogens with one attached hydrogen (secondary N) is 1. The second kappa shape index (κ2) is 3.30. The van der Waals surface area contributed by atoms with Crippen molar-refractivity contribution in [3.05, 3.63) is 0 Å². The molecule has 0 bridgehead atoms. The molecule has 1 saturated heterocycles. The second-order valence-corrected chi connectivity index (χ2v) is 3.69. The first-order valence-corrected chi connectivity index (χ1v) is 4.11. The van der Waals surface area contributed by atoms with Crippen molar-refractivity contribution in [2.45, 2.75) is 25.4 Å². The summed E-state index contributed by atoms with van der Waals surface area (Å²) in [6, 6.07) is 0. The van der Waals surface area contributed by atoms with Crippen molar-refractivity contribution in [1.82, 2.24) is 5.32 Å². The van der Waals surface area contributed by atoms with E-state index in [0.717, 1.165) is 13.2 Å². The Kier molecular flexibility index (Phi) is 2.79. The Morgan fingerprint density at radius 1 is 1.55 bits per heavy atom. The molecule has 0 aromatic heterocycles. The van der Waals surface area contributed by atoms with Gasteiger partial charge in [0.15, 0.2) is 0 Å². The van der Waals surface area contributed by atoms with Crippen LogP contribution in [0.5, 0.6) is 0 Å². The van der Waals surface area contributed by atoms with Gasteiger partial charge in [-0.3, -0.25) is 0 Å². The minimum atomic E-state index is 0. The minimum Gasteiger partial charge on any atom is -0.376 e. The summed E-state index contributed by atoms with van der Waals surface area (Å²) in [5.74, 6) is 0. The highest BCUT2D eigenvalue weighted by atomic mass is 35.5. The average molecular weight is 178 g/mol. The summed E-state index contributed by atoms with van der Waals surface area (Å²) in [6.07, 6.45) is 4.63. The molecule has 0 amide bonds. The Labute approximate surface area is 74.1 Å². The van der Waals surface area contributed by atoms with Gasteiger partial charge in [-0.05, 0) is 31.7 Å². The smallest absolute Gasteiger partial charge is 0.0705 e. The molecule has 0 aromatic carbocycles. The SMILES string of the molecule is CNCC1CC2(CC2)CO1.Cl.